The van der Waals surface area contributed by atoms with E-state index in [1.807, 2.05) is 6.07 Å². The van der Waals surface area contributed by atoms with Gasteiger partial charge in [-0.25, -0.2) is 0 Å². The molecule has 1 aromatic carbocycles. The Morgan fingerprint density at radius 2 is 2.10 bits per heavy atom. The zero-order valence-corrected chi connectivity index (χ0v) is 13.6. The molecule has 21 heavy (non-hydrogen) atoms. The third kappa shape index (κ3) is 2.45. The number of phenols is 1. The lowest BCUT2D eigenvalue weighted by atomic mass is 9.67. The summed E-state index contributed by atoms with van der Waals surface area (Å²) in [7, 11) is 0. The molecule has 2 aliphatic rings. The van der Waals surface area contributed by atoms with Gasteiger partial charge in [0.25, 0.3) is 0 Å². The molecule has 0 saturated heterocycles. The Hall–Kier alpha value is -1.44. The average molecular weight is 286 g/mol. The molecule has 1 aromatic rings. The van der Waals surface area contributed by atoms with Gasteiger partial charge in [0.2, 0.25) is 0 Å². The van der Waals surface area contributed by atoms with Crippen molar-refractivity contribution >= 4 is 0 Å². The van der Waals surface area contributed by atoms with E-state index < -0.39 is 0 Å². The first kappa shape index (κ1) is 14.5. The first-order chi connectivity index (χ1) is 9.92. The lowest BCUT2D eigenvalue weighted by Crippen LogP contribution is -2.45. The lowest BCUT2D eigenvalue weighted by Gasteiger charge is -2.47. The number of fused-ring (bicyclic) bond motifs is 3. The summed E-state index contributed by atoms with van der Waals surface area (Å²) in [6.45, 7) is 8.73. The van der Waals surface area contributed by atoms with Crippen molar-refractivity contribution in [3.63, 3.8) is 0 Å². The number of phenolic OH excluding ortho intramolecular Hbond substituents is 1. The van der Waals surface area contributed by atoms with Gasteiger partial charge in [0.1, 0.15) is 17.1 Å². The minimum absolute atomic E-state index is 0.174. The van der Waals surface area contributed by atoms with Gasteiger partial charge < -0.3 is 9.84 Å². The molecule has 0 aromatic heterocycles. The molecule has 0 saturated carbocycles. The Balaban J connectivity index is 2.10. The normalized spacial score (nSPS) is 26.4. The maximum atomic E-state index is 10.6. The molecule has 1 N–H and O–H groups in total. The number of rotatable bonds is 2. The van der Waals surface area contributed by atoms with Crippen LogP contribution in [0.2, 0.25) is 0 Å². The first-order valence-corrected chi connectivity index (χ1v) is 8.12. The van der Waals surface area contributed by atoms with Crippen molar-refractivity contribution in [1.82, 2.24) is 0 Å². The van der Waals surface area contributed by atoms with Crippen molar-refractivity contribution in [3.8, 4) is 11.5 Å². The predicted octanol–water partition coefficient (Wildman–Crippen LogP) is 4.96. The number of hydrogen-bond acceptors (Lipinski definition) is 2. The van der Waals surface area contributed by atoms with Crippen LogP contribution in [0.3, 0.4) is 0 Å². The maximum Gasteiger partial charge on any atom is 0.127 e. The van der Waals surface area contributed by atoms with Crippen LogP contribution in [0.25, 0.3) is 0 Å². The molecule has 3 rings (SSSR count). The SMILES string of the molecule is CCCc1cc(O)c2c(c1)OC(C)(C)[C@@H]1CC=C(C)CC21. The molecule has 2 nitrogen and oxygen atoms in total. The maximum absolute atomic E-state index is 10.6. The van der Waals surface area contributed by atoms with E-state index in [1.165, 1.54) is 11.1 Å². The van der Waals surface area contributed by atoms with Gasteiger partial charge in [-0.15, -0.1) is 0 Å². The van der Waals surface area contributed by atoms with Crippen molar-refractivity contribution in [3.05, 3.63) is 34.9 Å². The Morgan fingerprint density at radius 1 is 1.33 bits per heavy atom. The summed E-state index contributed by atoms with van der Waals surface area (Å²) in [6, 6.07) is 4.08. The molecule has 2 heteroatoms. The Bertz CT molecular complexity index is 583. The fraction of sp³-hybridized carbons (Fsp3) is 0.579. The molecular formula is C19H26O2. The standard InChI is InChI=1S/C19H26O2/c1-5-6-13-10-16(20)18-14-9-12(2)7-8-15(14)19(3,4)21-17(18)11-13/h7,10-11,14-15,20H,5-6,8-9H2,1-4H3/t14?,15-/m1/s1. The zero-order chi connectivity index (χ0) is 15.2. The number of aromatic hydroxyl groups is 1. The molecule has 1 aliphatic heterocycles. The van der Waals surface area contributed by atoms with Gasteiger partial charge in [0, 0.05) is 17.4 Å². The highest BCUT2D eigenvalue weighted by Gasteiger charge is 2.45. The molecular weight excluding hydrogens is 260 g/mol. The van der Waals surface area contributed by atoms with Crippen molar-refractivity contribution in [2.24, 2.45) is 5.92 Å². The molecule has 0 amide bonds. The fourth-order valence-corrected chi connectivity index (χ4v) is 4.05. The van der Waals surface area contributed by atoms with Gasteiger partial charge >= 0.3 is 0 Å². The van der Waals surface area contributed by atoms with Crippen LogP contribution in [0, 0.1) is 5.92 Å². The van der Waals surface area contributed by atoms with Crippen LogP contribution in [0.5, 0.6) is 11.5 Å². The lowest BCUT2D eigenvalue weighted by molar-refractivity contribution is 0.00753. The summed E-state index contributed by atoms with van der Waals surface area (Å²) in [4.78, 5) is 0. The van der Waals surface area contributed by atoms with Crippen LogP contribution in [-0.4, -0.2) is 10.7 Å². The van der Waals surface area contributed by atoms with Gasteiger partial charge in [0.05, 0.1) is 0 Å². The van der Waals surface area contributed by atoms with Crippen LogP contribution in [0.1, 0.15) is 64.0 Å². The highest BCUT2D eigenvalue weighted by atomic mass is 16.5. The molecule has 0 radical (unpaired) electrons. The van der Waals surface area contributed by atoms with E-state index in [-0.39, 0.29) is 5.60 Å². The Kier molecular flexibility index (Phi) is 3.51. The van der Waals surface area contributed by atoms with E-state index in [0.29, 0.717) is 17.6 Å². The average Bonchev–Trinajstić information content (AvgIpc) is 2.37. The molecule has 2 atom stereocenters. The third-order valence-corrected chi connectivity index (χ3v) is 5.10. The van der Waals surface area contributed by atoms with Gasteiger partial charge in [0.15, 0.2) is 0 Å². The topological polar surface area (TPSA) is 29.5 Å². The quantitative estimate of drug-likeness (QED) is 0.779. The number of aryl methyl sites for hydroxylation is 1. The monoisotopic (exact) mass is 286 g/mol. The summed E-state index contributed by atoms with van der Waals surface area (Å²) >= 11 is 0. The zero-order valence-electron chi connectivity index (χ0n) is 13.6. The second kappa shape index (κ2) is 5.08. The van der Waals surface area contributed by atoms with E-state index in [9.17, 15) is 5.11 Å². The second-order valence-electron chi connectivity index (χ2n) is 7.19. The van der Waals surface area contributed by atoms with E-state index in [4.69, 9.17) is 4.74 Å². The highest BCUT2D eigenvalue weighted by Crippen LogP contribution is 2.54. The fourth-order valence-electron chi connectivity index (χ4n) is 4.05. The minimum atomic E-state index is -0.174. The number of benzene rings is 1. The van der Waals surface area contributed by atoms with Crippen LogP contribution in [0.15, 0.2) is 23.8 Å². The molecule has 1 unspecified atom stereocenters. The van der Waals surface area contributed by atoms with Crippen molar-refractivity contribution in [2.75, 3.05) is 0 Å². The van der Waals surface area contributed by atoms with E-state index in [2.05, 4.69) is 39.8 Å². The molecule has 114 valence electrons. The molecule has 0 spiro atoms. The van der Waals surface area contributed by atoms with Crippen LogP contribution in [0.4, 0.5) is 0 Å². The van der Waals surface area contributed by atoms with Gasteiger partial charge in [-0.1, -0.05) is 25.0 Å². The van der Waals surface area contributed by atoms with Gasteiger partial charge in [-0.3, -0.25) is 0 Å². The van der Waals surface area contributed by atoms with Crippen molar-refractivity contribution in [1.29, 1.82) is 0 Å². The largest absolute Gasteiger partial charge is 0.508 e. The summed E-state index contributed by atoms with van der Waals surface area (Å²) in [5.41, 5.74) is 3.46. The van der Waals surface area contributed by atoms with Crippen molar-refractivity contribution < 1.29 is 9.84 Å². The number of allylic oxidation sites excluding steroid dienone is 2. The van der Waals surface area contributed by atoms with E-state index >= 15 is 0 Å². The third-order valence-electron chi connectivity index (χ3n) is 5.10. The summed E-state index contributed by atoms with van der Waals surface area (Å²) < 4.78 is 6.30. The van der Waals surface area contributed by atoms with E-state index in [1.54, 1.807) is 0 Å². The van der Waals surface area contributed by atoms with Crippen LogP contribution >= 0.6 is 0 Å². The number of hydrogen-bond donors (Lipinski definition) is 1. The Morgan fingerprint density at radius 3 is 2.81 bits per heavy atom. The smallest absolute Gasteiger partial charge is 0.127 e. The van der Waals surface area contributed by atoms with E-state index in [0.717, 1.165) is 37.0 Å². The van der Waals surface area contributed by atoms with Gasteiger partial charge in [-0.2, -0.15) is 0 Å². The van der Waals surface area contributed by atoms with Gasteiger partial charge in [-0.05, 0) is 57.7 Å². The summed E-state index contributed by atoms with van der Waals surface area (Å²) in [6.07, 6.45) is 6.47. The second-order valence-corrected chi connectivity index (χ2v) is 7.19. The first-order valence-electron chi connectivity index (χ1n) is 8.12. The Labute approximate surface area is 127 Å². The molecule has 0 bridgehead atoms. The van der Waals surface area contributed by atoms with Crippen LogP contribution < -0.4 is 4.74 Å². The number of ether oxygens (including phenoxy) is 1. The summed E-state index contributed by atoms with van der Waals surface area (Å²) in [5, 5.41) is 10.6. The molecule has 1 heterocycles. The minimum Gasteiger partial charge on any atom is -0.508 e. The highest BCUT2D eigenvalue weighted by molar-refractivity contribution is 5.52. The summed E-state index contributed by atoms with van der Waals surface area (Å²) in [5.74, 6) is 2.15. The molecule has 1 aliphatic carbocycles. The molecule has 0 fully saturated rings. The predicted molar refractivity (Wildman–Crippen MR) is 86.0 cm³/mol. The van der Waals surface area contributed by atoms with Crippen molar-refractivity contribution in [2.45, 2.75) is 64.9 Å². The van der Waals surface area contributed by atoms with Crippen LogP contribution in [-0.2, 0) is 6.42 Å².